The number of fused-ring (bicyclic) bond motifs is 1. The summed E-state index contributed by atoms with van der Waals surface area (Å²) in [6.45, 7) is 2.93. The van der Waals surface area contributed by atoms with Crippen LogP contribution in [0.3, 0.4) is 0 Å². The Morgan fingerprint density at radius 3 is 2.82 bits per heavy atom. The largest absolute Gasteiger partial charge is 0.332 e. The average Bonchev–Trinajstić information content (AvgIpc) is 3.03. The standard InChI is InChI=1S/C13H14N2OS/c1-13(6-7-13)8-15-11(16)9-4-2-3-5-10(9)14-12(15)17/h2-5H,6-8H2,1H3,(H,14,17). The number of hydrogen-bond acceptors (Lipinski definition) is 2. The Bertz CT molecular complexity index is 694. The van der Waals surface area contributed by atoms with Crippen molar-refractivity contribution in [2.45, 2.75) is 26.3 Å². The summed E-state index contributed by atoms with van der Waals surface area (Å²) in [5.41, 5.74) is 1.12. The highest BCUT2D eigenvalue weighted by molar-refractivity contribution is 7.71. The van der Waals surface area contributed by atoms with E-state index in [4.69, 9.17) is 12.2 Å². The molecular weight excluding hydrogens is 232 g/mol. The van der Waals surface area contributed by atoms with Crippen LogP contribution in [-0.2, 0) is 6.54 Å². The predicted octanol–water partition coefficient (Wildman–Crippen LogP) is 2.86. The van der Waals surface area contributed by atoms with E-state index in [0.717, 1.165) is 12.1 Å². The first-order chi connectivity index (χ1) is 8.09. The molecule has 1 saturated carbocycles. The molecule has 3 rings (SSSR count). The third-order valence-corrected chi connectivity index (χ3v) is 3.86. The number of nitrogens with zero attached hydrogens (tertiary/aromatic N) is 1. The molecule has 0 atom stereocenters. The lowest BCUT2D eigenvalue weighted by Gasteiger charge is -2.12. The Hall–Kier alpha value is -1.42. The minimum Gasteiger partial charge on any atom is -0.332 e. The van der Waals surface area contributed by atoms with Crippen molar-refractivity contribution in [2.24, 2.45) is 5.41 Å². The van der Waals surface area contributed by atoms with Crippen LogP contribution in [0, 0.1) is 10.2 Å². The zero-order valence-corrected chi connectivity index (χ0v) is 10.5. The minimum atomic E-state index is 0.0254. The fourth-order valence-electron chi connectivity index (χ4n) is 2.10. The van der Waals surface area contributed by atoms with Gasteiger partial charge >= 0.3 is 0 Å². The number of nitrogens with one attached hydrogen (secondary N) is 1. The van der Waals surface area contributed by atoms with Gasteiger partial charge in [-0.05, 0) is 42.6 Å². The lowest BCUT2D eigenvalue weighted by atomic mass is 10.1. The molecule has 1 fully saturated rings. The molecule has 0 aliphatic heterocycles. The molecule has 2 aromatic rings. The Kier molecular flexibility index (Phi) is 2.23. The molecule has 1 aromatic carbocycles. The Morgan fingerprint density at radius 2 is 2.12 bits per heavy atom. The number of rotatable bonds is 2. The second-order valence-electron chi connectivity index (χ2n) is 5.18. The molecule has 0 spiro atoms. The molecule has 0 saturated heterocycles. The number of para-hydroxylation sites is 1. The van der Waals surface area contributed by atoms with Gasteiger partial charge in [-0.15, -0.1) is 0 Å². The zero-order chi connectivity index (χ0) is 12.0. The third kappa shape index (κ3) is 1.82. The second kappa shape index (κ2) is 3.53. The molecule has 1 heterocycles. The number of aromatic amines is 1. The molecule has 1 N–H and O–H groups in total. The Morgan fingerprint density at radius 1 is 1.41 bits per heavy atom. The van der Waals surface area contributed by atoms with E-state index in [0.29, 0.717) is 10.2 Å². The molecule has 1 aromatic heterocycles. The SMILES string of the molecule is CC1(Cn2c(=S)[nH]c3ccccc3c2=O)CC1. The zero-order valence-electron chi connectivity index (χ0n) is 9.69. The van der Waals surface area contributed by atoms with E-state index in [9.17, 15) is 4.79 Å². The lowest BCUT2D eigenvalue weighted by Crippen LogP contribution is -2.25. The highest BCUT2D eigenvalue weighted by atomic mass is 32.1. The monoisotopic (exact) mass is 246 g/mol. The molecule has 0 radical (unpaired) electrons. The lowest BCUT2D eigenvalue weighted by molar-refractivity contribution is 0.449. The maximum Gasteiger partial charge on any atom is 0.262 e. The van der Waals surface area contributed by atoms with Crippen LogP contribution in [-0.4, -0.2) is 9.55 Å². The first-order valence-corrected chi connectivity index (χ1v) is 6.22. The van der Waals surface area contributed by atoms with Gasteiger partial charge in [-0.1, -0.05) is 19.1 Å². The van der Waals surface area contributed by atoms with Crippen LogP contribution in [0.15, 0.2) is 29.1 Å². The van der Waals surface area contributed by atoms with Gasteiger partial charge in [-0.25, -0.2) is 0 Å². The van der Waals surface area contributed by atoms with E-state index >= 15 is 0 Å². The van der Waals surface area contributed by atoms with Crippen LogP contribution in [0.5, 0.6) is 0 Å². The van der Waals surface area contributed by atoms with Crippen molar-refractivity contribution in [2.75, 3.05) is 0 Å². The van der Waals surface area contributed by atoms with Crippen molar-refractivity contribution in [1.29, 1.82) is 0 Å². The quantitative estimate of drug-likeness (QED) is 0.827. The summed E-state index contributed by atoms with van der Waals surface area (Å²) in [6.07, 6.45) is 2.36. The van der Waals surface area contributed by atoms with E-state index in [1.165, 1.54) is 12.8 Å². The second-order valence-corrected chi connectivity index (χ2v) is 5.56. The highest BCUT2D eigenvalue weighted by Crippen LogP contribution is 2.46. The van der Waals surface area contributed by atoms with Gasteiger partial charge in [0.1, 0.15) is 0 Å². The van der Waals surface area contributed by atoms with Gasteiger partial charge in [0.05, 0.1) is 10.9 Å². The summed E-state index contributed by atoms with van der Waals surface area (Å²) >= 11 is 5.27. The van der Waals surface area contributed by atoms with E-state index in [1.54, 1.807) is 4.57 Å². The summed E-state index contributed by atoms with van der Waals surface area (Å²) < 4.78 is 2.23. The first kappa shape index (κ1) is 10.7. The minimum absolute atomic E-state index is 0.0254. The van der Waals surface area contributed by atoms with E-state index in [-0.39, 0.29) is 11.0 Å². The van der Waals surface area contributed by atoms with Crippen LogP contribution < -0.4 is 5.56 Å². The molecule has 1 aliphatic carbocycles. The van der Waals surface area contributed by atoms with Crippen molar-refractivity contribution >= 4 is 23.1 Å². The van der Waals surface area contributed by atoms with Gasteiger partial charge in [0.15, 0.2) is 4.77 Å². The number of hydrogen-bond donors (Lipinski definition) is 1. The summed E-state index contributed by atoms with van der Waals surface area (Å²) in [4.78, 5) is 15.5. The van der Waals surface area contributed by atoms with Gasteiger partial charge in [0, 0.05) is 6.54 Å². The van der Waals surface area contributed by atoms with Crippen LogP contribution in [0.2, 0.25) is 0 Å². The van der Waals surface area contributed by atoms with Gasteiger partial charge in [0.2, 0.25) is 0 Å². The smallest absolute Gasteiger partial charge is 0.262 e. The number of benzene rings is 1. The number of aromatic nitrogens is 2. The van der Waals surface area contributed by atoms with Crippen molar-refractivity contribution in [1.82, 2.24) is 9.55 Å². The van der Waals surface area contributed by atoms with E-state index in [2.05, 4.69) is 11.9 Å². The normalized spacial score (nSPS) is 17.2. The van der Waals surface area contributed by atoms with Crippen LogP contribution in [0.25, 0.3) is 10.9 Å². The van der Waals surface area contributed by atoms with Crippen LogP contribution in [0.4, 0.5) is 0 Å². The summed E-state index contributed by atoms with van der Waals surface area (Å²) in [5, 5.41) is 0.713. The molecule has 3 nitrogen and oxygen atoms in total. The average molecular weight is 246 g/mol. The molecule has 0 unspecified atom stereocenters. The van der Waals surface area contributed by atoms with Crippen LogP contribution >= 0.6 is 12.2 Å². The Balaban J connectivity index is 2.24. The van der Waals surface area contributed by atoms with Crippen molar-refractivity contribution in [3.05, 3.63) is 39.4 Å². The predicted molar refractivity (Wildman–Crippen MR) is 70.7 cm³/mol. The molecule has 88 valence electrons. The van der Waals surface area contributed by atoms with Crippen LogP contribution in [0.1, 0.15) is 19.8 Å². The molecule has 1 aliphatic rings. The first-order valence-electron chi connectivity index (χ1n) is 5.81. The summed E-state index contributed by atoms with van der Waals surface area (Å²) in [7, 11) is 0. The van der Waals surface area contributed by atoms with Crippen molar-refractivity contribution in [3.63, 3.8) is 0 Å². The van der Waals surface area contributed by atoms with E-state index in [1.807, 2.05) is 24.3 Å². The summed E-state index contributed by atoms with van der Waals surface area (Å²) in [6, 6.07) is 7.51. The maximum atomic E-state index is 12.3. The summed E-state index contributed by atoms with van der Waals surface area (Å²) in [5.74, 6) is 0. The molecular formula is C13H14N2OS. The van der Waals surface area contributed by atoms with Crippen molar-refractivity contribution in [3.8, 4) is 0 Å². The number of H-pyrrole nitrogens is 1. The molecule has 0 bridgehead atoms. The van der Waals surface area contributed by atoms with Gasteiger partial charge in [-0.2, -0.15) is 0 Å². The van der Waals surface area contributed by atoms with Gasteiger partial charge in [0.25, 0.3) is 5.56 Å². The molecule has 17 heavy (non-hydrogen) atoms. The molecule has 0 amide bonds. The third-order valence-electron chi connectivity index (χ3n) is 3.53. The van der Waals surface area contributed by atoms with E-state index < -0.39 is 0 Å². The fourth-order valence-corrected chi connectivity index (χ4v) is 2.35. The van der Waals surface area contributed by atoms with Gasteiger partial charge in [-0.3, -0.25) is 9.36 Å². The highest BCUT2D eigenvalue weighted by Gasteiger charge is 2.38. The molecule has 4 heteroatoms. The van der Waals surface area contributed by atoms with Gasteiger partial charge < -0.3 is 4.98 Å². The Labute approximate surface area is 104 Å². The fraction of sp³-hybridized carbons (Fsp3) is 0.385. The van der Waals surface area contributed by atoms with Crippen molar-refractivity contribution < 1.29 is 0 Å². The topological polar surface area (TPSA) is 37.8 Å². The maximum absolute atomic E-state index is 12.3.